The minimum absolute atomic E-state index is 0.436. The smallest absolute Gasteiger partial charge is 0.226 e. The van der Waals surface area contributed by atoms with Gasteiger partial charge in [0, 0.05) is 19.3 Å². The van der Waals surface area contributed by atoms with Crippen molar-refractivity contribution in [3.8, 4) is 6.07 Å². The van der Waals surface area contributed by atoms with Crippen LogP contribution < -0.4 is 4.90 Å². The summed E-state index contributed by atoms with van der Waals surface area (Å²) in [4.78, 5) is 10.6. The quantitative estimate of drug-likeness (QED) is 0.782. The van der Waals surface area contributed by atoms with Crippen LogP contribution in [-0.4, -0.2) is 23.1 Å². The molecule has 17 heavy (non-hydrogen) atoms. The zero-order valence-corrected chi connectivity index (χ0v) is 10.4. The van der Waals surface area contributed by atoms with Gasteiger partial charge in [-0.25, -0.2) is 9.97 Å². The van der Waals surface area contributed by atoms with Crippen molar-refractivity contribution < 1.29 is 0 Å². The second kappa shape index (κ2) is 5.13. The third-order valence-corrected chi connectivity index (χ3v) is 3.61. The average Bonchev–Trinajstić information content (AvgIpc) is 2.39. The van der Waals surface area contributed by atoms with Gasteiger partial charge in [-0.3, -0.25) is 0 Å². The predicted molar refractivity (Wildman–Crippen MR) is 66.6 cm³/mol. The Balaban J connectivity index is 2.08. The van der Waals surface area contributed by atoms with E-state index in [1.165, 1.54) is 25.7 Å². The van der Waals surface area contributed by atoms with Crippen molar-refractivity contribution in [2.45, 2.75) is 38.6 Å². The Labute approximate surface area is 102 Å². The van der Waals surface area contributed by atoms with Crippen LogP contribution in [0.25, 0.3) is 0 Å². The zero-order chi connectivity index (χ0) is 12.3. The van der Waals surface area contributed by atoms with Crippen LogP contribution in [0.15, 0.2) is 12.3 Å². The lowest BCUT2D eigenvalue weighted by Gasteiger charge is -2.33. The van der Waals surface area contributed by atoms with Gasteiger partial charge in [-0.05, 0) is 37.7 Å². The fourth-order valence-electron chi connectivity index (χ4n) is 2.37. The minimum atomic E-state index is 0.436. The van der Waals surface area contributed by atoms with Gasteiger partial charge in [0.15, 0.2) is 0 Å². The molecular weight excluding hydrogens is 212 g/mol. The first-order valence-electron chi connectivity index (χ1n) is 6.16. The topological polar surface area (TPSA) is 52.8 Å². The van der Waals surface area contributed by atoms with Crippen molar-refractivity contribution in [1.29, 1.82) is 5.26 Å². The predicted octanol–water partition coefficient (Wildman–Crippen LogP) is 2.36. The largest absolute Gasteiger partial charge is 0.341 e. The molecule has 0 radical (unpaired) electrons. The van der Waals surface area contributed by atoms with Crippen LogP contribution in [0, 0.1) is 17.2 Å². The van der Waals surface area contributed by atoms with E-state index in [1.54, 1.807) is 12.3 Å². The highest BCUT2D eigenvalue weighted by Crippen LogP contribution is 2.27. The molecule has 0 N–H and O–H groups in total. The maximum atomic E-state index is 8.83. The first-order valence-corrected chi connectivity index (χ1v) is 6.16. The monoisotopic (exact) mass is 230 g/mol. The molecule has 0 aromatic carbocycles. The molecule has 0 amide bonds. The SMILES string of the molecule is CC1CCC(N(C)c2nccc(C#N)n2)CC1. The molecule has 0 bridgehead atoms. The molecule has 1 aromatic rings. The van der Waals surface area contributed by atoms with E-state index in [1.807, 2.05) is 7.05 Å². The number of nitriles is 1. The van der Waals surface area contributed by atoms with E-state index in [-0.39, 0.29) is 0 Å². The fourth-order valence-corrected chi connectivity index (χ4v) is 2.37. The van der Waals surface area contributed by atoms with E-state index in [0.717, 1.165) is 5.92 Å². The maximum Gasteiger partial charge on any atom is 0.226 e. The number of aromatic nitrogens is 2. The third-order valence-electron chi connectivity index (χ3n) is 3.61. The summed E-state index contributed by atoms with van der Waals surface area (Å²) in [6, 6.07) is 4.21. The Hall–Kier alpha value is -1.63. The van der Waals surface area contributed by atoms with Gasteiger partial charge in [-0.1, -0.05) is 6.92 Å². The number of hydrogen-bond donors (Lipinski definition) is 0. The molecule has 1 fully saturated rings. The van der Waals surface area contributed by atoms with E-state index in [0.29, 0.717) is 17.7 Å². The van der Waals surface area contributed by atoms with Crippen LogP contribution in [-0.2, 0) is 0 Å². The maximum absolute atomic E-state index is 8.83. The molecule has 0 saturated heterocycles. The standard InChI is InChI=1S/C13H18N4/c1-10-3-5-12(6-4-10)17(2)13-15-8-7-11(9-14)16-13/h7-8,10,12H,3-6H2,1-2H3. The molecule has 0 aliphatic heterocycles. The van der Waals surface area contributed by atoms with Gasteiger partial charge in [0.05, 0.1) is 0 Å². The number of nitrogens with zero attached hydrogens (tertiary/aromatic N) is 4. The van der Waals surface area contributed by atoms with Crippen LogP contribution in [0.3, 0.4) is 0 Å². The number of hydrogen-bond acceptors (Lipinski definition) is 4. The Morgan fingerprint density at radius 3 is 2.71 bits per heavy atom. The van der Waals surface area contributed by atoms with Gasteiger partial charge in [0.1, 0.15) is 11.8 Å². The van der Waals surface area contributed by atoms with Gasteiger partial charge in [0.2, 0.25) is 5.95 Å². The fraction of sp³-hybridized carbons (Fsp3) is 0.615. The lowest BCUT2D eigenvalue weighted by molar-refractivity contribution is 0.339. The molecule has 0 unspecified atom stereocenters. The summed E-state index contributed by atoms with van der Waals surface area (Å²) >= 11 is 0. The Kier molecular flexibility index (Phi) is 3.58. The van der Waals surface area contributed by atoms with Gasteiger partial charge in [0.25, 0.3) is 0 Å². The van der Waals surface area contributed by atoms with Gasteiger partial charge >= 0.3 is 0 Å². The first-order chi connectivity index (χ1) is 8.20. The highest BCUT2D eigenvalue weighted by Gasteiger charge is 2.23. The van der Waals surface area contributed by atoms with Crippen LogP contribution in [0.2, 0.25) is 0 Å². The number of anilines is 1. The van der Waals surface area contributed by atoms with Crippen LogP contribution in [0.5, 0.6) is 0 Å². The molecule has 1 heterocycles. The van der Waals surface area contributed by atoms with Crippen molar-refractivity contribution in [3.63, 3.8) is 0 Å². The molecule has 90 valence electrons. The van der Waals surface area contributed by atoms with E-state index in [2.05, 4.69) is 27.9 Å². The summed E-state index contributed by atoms with van der Waals surface area (Å²) in [6.07, 6.45) is 6.58. The van der Waals surface area contributed by atoms with E-state index in [4.69, 9.17) is 5.26 Å². The molecule has 2 rings (SSSR count). The summed E-state index contributed by atoms with van der Waals surface area (Å²) in [5, 5.41) is 8.83. The Morgan fingerprint density at radius 2 is 2.06 bits per heavy atom. The summed E-state index contributed by atoms with van der Waals surface area (Å²) in [7, 11) is 2.02. The van der Waals surface area contributed by atoms with Gasteiger partial charge in [-0.15, -0.1) is 0 Å². The summed E-state index contributed by atoms with van der Waals surface area (Å²) < 4.78 is 0. The Bertz CT molecular complexity index is 416. The van der Waals surface area contributed by atoms with Crippen molar-refractivity contribution in [2.75, 3.05) is 11.9 Å². The lowest BCUT2D eigenvalue weighted by atomic mass is 9.87. The van der Waals surface area contributed by atoms with Crippen molar-refractivity contribution in [3.05, 3.63) is 18.0 Å². The summed E-state index contributed by atoms with van der Waals surface area (Å²) in [5.74, 6) is 1.51. The highest BCUT2D eigenvalue weighted by molar-refractivity contribution is 5.34. The Morgan fingerprint density at radius 1 is 1.35 bits per heavy atom. The average molecular weight is 230 g/mol. The van der Waals surface area contributed by atoms with Gasteiger partial charge in [-0.2, -0.15) is 5.26 Å². The lowest BCUT2D eigenvalue weighted by Crippen LogP contribution is -2.36. The third kappa shape index (κ3) is 2.73. The van der Waals surface area contributed by atoms with Crippen molar-refractivity contribution >= 4 is 5.95 Å². The second-order valence-corrected chi connectivity index (χ2v) is 4.88. The van der Waals surface area contributed by atoms with Crippen molar-refractivity contribution in [1.82, 2.24) is 9.97 Å². The van der Waals surface area contributed by atoms with Crippen LogP contribution >= 0.6 is 0 Å². The van der Waals surface area contributed by atoms with Gasteiger partial charge < -0.3 is 4.90 Å². The highest BCUT2D eigenvalue weighted by atomic mass is 15.2. The normalized spacial score (nSPS) is 24.1. The molecule has 1 aromatic heterocycles. The van der Waals surface area contributed by atoms with Crippen LogP contribution in [0.4, 0.5) is 5.95 Å². The molecule has 0 spiro atoms. The summed E-state index contributed by atoms with van der Waals surface area (Å²) in [5.41, 5.74) is 0.436. The van der Waals surface area contributed by atoms with E-state index >= 15 is 0 Å². The second-order valence-electron chi connectivity index (χ2n) is 4.88. The van der Waals surface area contributed by atoms with E-state index < -0.39 is 0 Å². The first kappa shape index (κ1) is 11.8. The molecule has 1 aliphatic carbocycles. The van der Waals surface area contributed by atoms with Crippen molar-refractivity contribution in [2.24, 2.45) is 5.92 Å². The summed E-state index contributed by atoms with van der Waals surface area (Å²) in [6.45, 7) is 2.31. The van der Waals surface area contributed by atoms with E-state index in [9.17, 15) is 0 Å². The molecule has 4 heteroatoms. The molecule has 1 saturated carbocycles. The minimum Gasteiger partial charge on any atom is -0.341 e. The molecule has 1 aliphatic rings. The molecule has 0 atom stereocenters. The molecule has 4 nitrogen and oxygen atoms in total. The zero-order valence-electron chi connectivity index (χ0n) is 10.4. The number of rotatable bonds is 2. The van der Waals surface area contributed by atoms with Crippen LogP contribution in [0.1, 0.15) is 38.3 Å². The molecular formula is C13H18N4.